The molecule has 1 saturated carbocycles. The second-order valence-corrected chi connectivity index (χ2v) is 5.64. The van der Waals surface area contributed by atoms with Crippen LogP contribution in [0.2, 0.25) is 0 Å². The van der Waals surface area contributed by atoms with Gasteiger partial charge in [-0.1, -0.05) is 26.7 Å². The van der Waals surface area contributed by atoms with E-state index in [0.29, 0.717) is 11.8 Å². The second-order valence-electron chi connectivity index (χ2n) is 5.64. The highest BCUT2D eigenvalue weighted by molar-refractivity contribution is 5.96. The lowest BCUT2D eigenvalue weighted by atomic mass is 9.78. The van der Waals surface area contributed by atoms with Gasteiger partial charge in [-0.2, -0.15) is 5.10 Å². The molecule has 1 N–H and O–H groups in total. The summed E-state index contributed by atoms with van der Waals surface area (Å²) in [5, 5.41) is 17.7. The Morgan fingerprint density at radius 1 is 1.50 bits per heavy atom. The van der Waals surface area contributed by atoms with Crippen LogP contribution in [0.25, 0.3) is 0 Å². The van der Waals surface area contributed by atoms with Gasteiger partial charge in [0.25, 0.3) is 5.91 Å². The summed E-state index contributed by atoms with van der Waals surface area (Å²) in [5.41, 5.74) is -0.357. The van der Waals surface area contributed by atoms with Gasteiger partial charge >= 0.3 is 5.69 Å². The first-order valence-corrected chi connectivity index (χ1v) is 6.89. The lowest BCUT2D eigenvalue weighted by molar-refractivity contribution is -0.385. The molecule has 0 spiro atoms. The van der Waals surface area contributed by atoms with Crippen molar-refractivity contribution in [3.8, 4) is 0 Å². The van der Waals surface area contributed by atoms with Crippen molar-refractivity contribution in [2.24, 2.45) is 18.9 Å². The van der Waals surface area contributed by atoms with Crippen molar-refractivity contribution in [3.63, 3.8) is 0 Å². The molecule has 1 amide bonds. The first-order valence-electron chi connectivity index (χ1n) is 6.89. The Labute approximate surface area is 117 Å². The number of amides is 1. The molecule has 0 radical (unpaired) electrons. The van der Waals surface area contributed by atoms with Gasteiger partial charge < -0.3 is 5.32 Å². The zero-order valence-corrected chi connectivity index (χ0v) is 12.0. The maximum Gasteiger partial charge on any atom is 0.320 e. The molecule has 0 aromatic carbocycles. The molecule has 20 heavy (non-hydrogen) atoms. The van der Waals surface area contributed by atoms with Gasteiger partial charge in [0.05, 0.1) is 4.92 Å². The Kier molecular flexibility index (Phi) is 4.06. The van der Waals surface area contributed by atoms with Gasteiger partial charge in [0, 0.05) is 13.1 Å². The summed E-state index contributed by atoms with van der Waals surface area (Å²) in [6, 6.07) is 0.0628. The van der Waals surface area contributed by atoms with Crippen LogP contribution in [0.4, 0.5) is 5.69 Å². The van der Waals surface area contributed by atoms with Crippen LogP contribution in [0.15, 0.2) is 6.20 Å². The summed E-state index contributed by atoms with van der Waals surface area (Å²) in [5.74, 6) is 0.464. The highest BCUT2D eigenvalue weighted by Gasteiger charge is 2.31. The second kappa shape index (κ2) is 5.60. The first kappa shape index (κ1) is 14.5. The molecule has 1 aliphatic carbocycles. The van der Waals surface area contributed by atoms with Crippen molar-refractivity contribution < 1.29 is 9.72 Å². The minimum absolute atomic E-state index is 0.0628. The topological polar surface area (TPSA) is 90.1 Å². The standard InChI is InChI=1S/C13H20N4O3/c1-8-5-4-6-10(9(8)2)14-13(18)12-11(17(19)20)7-16(3)15-12/h7-10H,4-6H2,1-3H3,(H,14,18)/t8-,9-,10+/m1/s1. The summed E-state index contributed by atoms with van der Waals surface area (Å²) < 4.78 is 1.29. The molecule has 3 atom stereocenters. The predicted molar refractivity (Wildman–Crippen MR) is 73.3 cm³/mol. The summed E-state index contributed by atoms with van der Waals surface area (Å²) in [7, 11) is 1.56. The molecule has 0 bridgehead atoms. The maximum absolute atomic E-state index is 12.2. The van der Waals surface area contributed by atoms with Crippen LogP contribution in [-0.4, -0.2) is 26.7 Å². The number of nitrogens with zero attached hydrogens (tertiary/aromatic N) is 3. The summed E-state index contributed by atoms with van der Waals surface area (Å²) in [6.07, 6.45) is 4.40. The molecular weight excluding hydrogens is 260 g/mol. The van der Waals surface area contributed by atoms with E-state index in [2.05, 4.69) is 24.3 Å². The van der Waals surface area contributed by atoms with Crippen LogP contribution >= 0.6 is 0 Å². The maximum atomic E-state index is 12.2. The number of carbonyl (C=O) groups excluding carboxylic acids is 1. The number of aromatic nitrogens is 2. The SMILES string of the molecule is C[C@@H]1[C@H](C)CCC[C@@H]1NC(=O)c1nn(C)cc1[N+](=O)[O-]. The first-order chi connectivity index (χ1) is 9.40. The zero-order chi connectivity index (χ0) is 14.9. The van der Waals surface area contributed by atoms with E-state index in [-0.39, 0.29) is 17.4 Å². The Hall–Kier alpha value is -1.92. The van der Waals surface area contributed by atoms with Crippen molar-refractivity contribution in [3.05, 3.63) is 22.0 Å². The molecule has 0 unspecified atom stereocenters. The normalized spacial score (nSPS) is 26.2. The number of rotatable bonds is 3. The number of carbonyl (C=O) groups is 1. The zero-order valence-electron chi connectivity index (χ0n) is 12.0. The molecule has 1 aromatic rings. The van der Waals surface area contributed by atoms with Crippen LogP contribution in [0.3, 0.4) is 0 Å². The predicted octanol–water partition coefficient (Wildman–Crippen LogP) is 1.88. The van der Waals surface area contributed by atoms with E-state index >= 15 is 0 Å². The Morgan fingerprint density at radius 2 is 2.20 bits per heavy atom. The van der Waals surface area contributed by atoms with Crippen molar-refractivity contribution in [2.45, 2.75) is 39.2 Å². The van der Waals surface area contributed by atoms with Crippen molar-refractivity contribution >= 4 is 11.6 Å². The van der Waals surface area contributed by atoms with E-state index in [1.807, 2.05) is 0 Å². The Balaban J connectivity index is 2.14. The Morgan fingerprint density at radius 3 is 2.85 bits per heavy atom. The molecule has 1 aromatic heterocycles. The lowest BCUT2D eigenvalue weighted by Gasteiger charge is -2.34. The van der Waals surface area contributed by atoms with Gasteiger partial charge in [0.2, 0.25) is 5.69 Å². The number of hydrogen-bond acceptors (Lipinski definition) is 4. The van der Waals surface area contributed by atoms with Crippen molar-refractivity contribution in [1.82, 2.24) is 15.1 Å². The average Bonchev–Trinajstić information content (AvgIpc) is 2.77. The third kappa shape index (κ3) is 2.81. The fraction of sp³-hybridized carbons (Fsp3) is 0.692. The third-order valence-electron chi connectivity index (χ3n) is 4.24. The van der Waals surface area contributed by atoms with Gasteiger partial charge in [-0.05, 0) is 18.3 Å². The van der Waals surface area contributed by atoms with Crippen LogP contribution < -0.4 is 5.32 Å². The minimum Gasteiger partial charge on any atom is -0.347 e. The molecule has 1 fully saturated rings. The van der Waals surface area contributed by atoms with Gasteiger partial charge in [-0.3, -0.25) is 19.6 Å². The van der Waals surface area contributed by atoms with E-state index in [0.717, 1.165) is 19.3 Å². The smallest absolute Gasteiger partial charge is 0.320 e. The van der Waals surface area contributed by atoms with Crippen LogP contribution in [0, 0.1) is 22.0 Å². The van der Waals surface area contributed by atoms with Gasteiger partial charge in [-0.15, -0.1) is 0 Å². The monoisotopic (exact) mass is 280 g/mol. The van der Waals surface area contributed by atoms with Crippen LogP contribution in [-0.2, 0) is 7.05 Å². The van der Waals surface area contributed by atoms with Gasteiger partial charge in [-0.25, -0.2) is 0 Å². The van der Waals surface area contributed by atoms with E-state index in [1.54, 1.807) is 7.05 Å². The molecule has 7 heteroatoms. The highest BCUT2D eigenvalue weighted by Crippen LogP contribution is 2.30. The molecule has 0 saturated heterocycles. The molecule has 1 heterocycles. The largest absolute Gasteiger partial charge is 0.347 e. The molecule has 110 valence electrons. The third-order valence-corrected chi connectivity index (χ3v) is 4.24. The van der Waals surface area contributed by atoms with Crippen molar-refractivity contribution in [2.75, 3.05) is 0 Å². The highest BCUT2D eigenvalue weighted by atomic mass is 16.6. The minimum atomic E-state index is -0.575. The van der Waals surface area contributed by atoms with E-state index in [4.69, 9.17) is 0 Å². The quantitative estimate of drug-likeness (QED) is 0.676. The number of aryl methyl sites for hydroxylation is 1. The number of hydrogen-bond donors (Lipinski definition) is 1. The summed E-state index contributed by atoms with van der Waals surface area (Å²) in [6.45, 7) is 4.29. The molecule has 7 nitrogen and oxygen atoms in total. The van der Waals surface area contributed by atoms with Gasteiger partial charge in [0.15, 0.2) is 0 Å². The van der Waals surface area contributed by atoms with E-state index < -0.39 is 10.8 Å². The van der Waals surface area contributed by atoms with E-state index in [9.17, 15) is 14.9 Å². The number of nitro groups is 1. The van der Waals surface area contributed by atoms with Gasteiger partial charge in [0.1, 0.15) is 6.20 Å². The van der Waals surface area contributed by atoms with Crippen LogP contribution in [0.5, 0.6) is 0 Å². The number of nitrogens with one attached hydrogen (secondary N) is 1. The molecule has 2 rings (SSSR count). The fourth-order valence-corrected chi connectivity index (χ4v) is 2.79. The van der Waals surface area contributed by atoms with Crippen molar-refractivity contribution in [1.29, 1.82) is 0 Å². The van der Waals surface area contributed by atoms with E-state index in [1.165, 1.54) is 10.9 Å². The Bertz CT molecular complexity index is 526. The summed E-state index contributed by atoms with van der Waals surface area (Å²) in [4.78, 5) is 22.6. The van der Waals surface area contributed by atoms with Crippen LogP contribution in [0.1, 0.15) is 43.6 Å². The summed E-state index contributed by atoms with van der Waals surface area (Å²) >= 11 is 0. The molecular formula is C13H20N4O3. The molecule has 1 aliphatic rings. The average molecular weight is 280 g/mol. The fourth-order valence-electron chi connectivity index (χ4n) is 2.79. The lowest BCUT2D eigenvalue weighted by Crippen LogP contribution is -2.44. The molecule has 0 aliphatic heterocycles.